The number of hydrogen-bond acceptors (Lipinski definition) is 3. The molecule has 1 atom stereocenters. The zero-order chi connectivity index (χ0) is 12.1. The minimum Gasteiger partial charge on any atom is -0.481 e. The van der Waals surface area contributed by atoms with Crippen molar-refractivity contribution in [3.8, 4) is 5.75 Å². The van der Waals surface area contributed by atoms with Gasteiger partial charge in [-0.25, -0.2) is 4.79 Å². The minimum absolute atomic E-state index is 0.367. The summed E-state index contributed by atoms with van der Waals surface area (Å²) in [5, 5.41) is 8.79. The number of carbonyl (C=O) groups is 2. The average Bonchev–Trinajstić information content (AvgIpc) is 2.28. The third-order valence-corrected chi connectivity index (χ3v) is 2.14. The van der Waals surface area contributed by atoms with E-state index >= 15 is 0 Å². The van der Waals surface area contributed by atoms with E-state index in [9.17, 15) is 9.59 Å². The molecule has 0 heterocycles. The molecule has 0 aromatic heterocycles. The Hall–Kier alpha value is -2.10. The van der Waals surface area contributed by atoms with E-state index in [0.717, 1.165) is 6.08 Å². The third kappa shape index (κ3) is 2.95. The van der Waals surface area contributed by atoms with Crippen LogP contribution in [0.25, 0.3) is 0 Å². The number of esters is 1. The maximum atomic E-state index is 10.9. The summed E-state index contributed by atoms with van der Waals surface area (Å²) < 4.78 is 4.85. The van der Waals surface area contributed by atoms with Crippen molar-refractivity contribution in [1.29, 1.82) is 0 Å². The topological polar surface area (TPSA) is 63.6 Å². The number of rotatable bonds is 4. The molecule has 4 nitrogen and oxygen atoms in total. The number of benzene rings is 1. The largest absolute Gasteiger partial charge is 0.481 e. The van der Waals surface area contributed by atoms with Crippen molar-refractivity contribution < 1.29 is 19.4 Å². The number of aliphatic carboxylic acids is 1. The predicted molar refractivity (Wildman–Crippen MR) is 58.3 cm³/mol. The van der Waals surface area contributed by atoms with Crippen LogP contribution in [-0.4, -0.2) is 17.0 Å². The van der Waals surface area contributed by atoms with Gasteiger partial charge >= 0.3 is 11.9 Å². The monoisotopic (exact) mass is 220 g/mol. The van der Waals surface area contributed by atoms with Crippen LogP contribution < -0.4 is 4.74 Å². The smallest absolute Gasteiger partial charge is 0.335 e. The van der Waals surface area contributed by atoms with Gasteiger partial charge in [-0.1, -0.05) is 18.7 Å². The lowest BCUT2D eigenvalue weighted by molar-refractivity contribution is -0.138. The van der Waals surface area contributed by atoms with Gasteiger partial charge in [-0.05, 0) is 24.6 Å². The molecule has 0 fully saturated rings. The number of carbonyl (C=O) groups excluding carboxylic acids is 1. The molecule has 0 aliphatic heterocycles. The van der Waals surface area contributed by atoms with E-state index < -0.39 is 17.9 Å². The average molecular weight is 220 g/mol. The SMILES string of the molecule is C=CC(=O)Oc1ccc(C(C)C(=O)O)cc1. The first kappa shape index (κ1) is 12.0. The summed E-state index contributed by atoms with van der Waals surface area (Å²) in [6.45, 7) is 4.86. The van der Waals surface area contributed by atoms with E-state index in [1.54, 1.807) is 31.2 Å². The Balaban J connectivity index is 2.79. The van der Waals surface area contributed by atoms with Crippen LogP contribution in [0.1, 0.15) is 18.4 Å². The van der Waals surface area contributed by atoms with Crippen LogP contribution in [0.3, 0.4) is 0 Å². The van der Waals surface area contributed by atoms with Crippen LogP contribution >= 0.6 is 0 Å². The molecule has 1 N–H and O–H groups in total. The fourth-order valence-electron chi connectivity index (χ4n) is 1.12. The Morgan fingerprint density at radius 2 is 1.94 bits per heavy atom. The van der Waals surface area contributed by atoms with Crippen molar-refractivity contribution in [2.24, 2.45) is 0 Å². The molecule has 4 heteroatoms. The number of carboxylic acids is 1. The zero-order valence-electron chi connectivity index (χ0n) is 8.84. The Bertz CT molecular complexity index is 406. The highest BCUT2D eigenvalue weighted by Crippen LogP contribution is 2.19. The van der Waals surface area contributed by atoms with E-state index in [-0.39, 0.29) is 0 Å². The quantitative estimate of drug-likeness (QED) is 0.478. The highest BCUT2D eigenvalue weighted by molar-refractivity contribution is 5.83. The molecule has 0 aliphatic rings. The predicted octanol–water partition coefficient (Wildman–Crippen LogP) is 1.97. The molecule has 1 aromatic carbocycles. The van der Waals surface area contributed by atoms with Gasteiger partial charge in [0, 0.05) is 6.08 Å². The van der Waals surface area contributed by atoms with Gasteiger partial charge in [-0.2, -0.15) is 0 Å². The van der Waals surface area contributed by atoms with E-state index in [1.807, 2.05) is 0 Å². The number of carboxylic acid groups (broad SMARTS) is 1. The molecule has 16 heavy (non-hydrogen) atoms. The van der Waals surface area contributed by atoms with Crippen molar-refractivity contribution >= 4 is 11.9 Å². The van der Waals surface area contributed by atoms with Crippen molar-refractivity contribution in [1.82, 2.24) is 0 Å². The van der Waals surface area contributed by atoms with E-state index in [2.05, 4.69) is 6.58 Å². The maximum absolute atomic E-state index is 10.9. The van der Waals surface area contributed by atoms with Crippen LogP contribution in [0.4, 0.5) is 0 Å². The highest BCUT2D eigenvalue weighted by Gasteiger charge is 2.13. The summed E-state index contributed by atoms with van der Waals surface area (Å²) in [7, 11) is 0. The lowest BCUT2D eigenvalue weighted by Gasteiger charge is -2.07. The lowest BCUT2D eigenvalue weighted by atomic mass is 10.0. The Morgan fingerprint density at radius 3 is 2.38 bits per heavy atom. The van der Waals surface area contributed by atoms with Crippen LogP contribution in [-0.2, 0) is 9.59 Å². The third-order valence-electron chi connectivity index (χ3n) is 2.14. The normalized spacial score (nSPS) is 11.6. The first-order valence-corrected chi connectivity index (χ1v) is 4.71. The molecule has 0 saturated carbocycles. The second-order valence-electron chi connectivity index (χ2n) is 3.25. The van der Waals surface area contributed by atoms with Crippen LogP contribution in [0.2, 0.25) is 0 Å². The van der Waals surface area contributed by atoms with Crippen molar-refractivity contribution in [2.75, 3.05) is 0 Å². The summed E-state index contributed by atoms with van der Waals surface area (Å²) in [5.74, 6) is -1.65. The summed E-state index contributed by atoms with van der Waals surface area (Å²) in [4.78, 5) is 21.6. The molecule has 1 unspecified atom stereocenters. The van der Waals surface area contributed by atoms with Gasteiger partial charge < -0.3 is 9.84 Å². The van der Waals surface area contributed by atoms with Gasteiger partial charge in [-0.3, -0.25) is 4.79 Å². The van der Waals surface area contributed by atoms with Crippen LogP contribution in [0, 0.1) is 0 Å². The molecule has 1 aromatic rings. The Kier molecular flexibility index (Phi) is 3.83. The molecule has 0 spiro atoms. The van der Waals surface area contributed by atoms with E-state index in [1.165, 1.54) is 0 Å². The van der Waals surface area contributed by atoms with Gasteiger partial charge in [0.15, 0.2) is 0 Å². The molecule has 1 rings (SSSR count). The number of ether oxygens (including phenoxy) is 1. The second-order valence-corrected chi connectivity index (χ2v) is 3.25. The highest BCUT2D eigenvalue weighted by atomic mass is 16.5. The van der Waals surface area contributed by atoms with Gasteiger partial charge in [0.05, 0.1) is 5.92 Å². The van der Waals surface area contributed by atoms with E-state index in [4.69, 9.17) is 9.84 Å². The minimum atomic E-state index is -0.893. The van der Waals surface area contributed by atoms with Gasteiger partial charge in [0.2, 0.25) is 0 Å². The van der Waals surface area contributed by atoms with Crippen LogP contribution in [0.5, 0.6) is 5.75 Å². The molecule has 0 bridgehead atoms. The second kappa shape index (κ2) is 5.11. The fraction of sp³-hybridized carbons (Fsp3) is 0.167. The van der Waals surface area contributed by atoms with Gasteiger partial charge in [0.1, 0.15) is 5.75 Å². The zero-order valence-corrected chi connectivity index (χ0v) is 8.84. The molecular formula is C12H12O4. The first-order chi connectivity index (χ1) is 7.54. The summed E-state index contributed by atoms with van der Waals surface area (Å²) in [6.07, 6.45) is 1.06. The van der Waals surface area contributed by atoms with Crippen LogP contribution in [0.15, 0.2) is 36.9 Å². The number of hydrogen-bond donors (Lipinski definition) is 1. The Morgan fingerprint density at radius 1 is 1.38 bits per heavy atom. The van der Waals surface area contributed by atoms with E-state index in [0.29, 0.717) is 11.3 Å². The summed E-state index contributed by atoms with van der Waals surface area (Å²) >= 11 is 0. The maximum Gasteiger partial charge on any atom is 0.335 e. The van der Waals surface area contributed by atoms with Crippen molar-refractivity contribution in [3.05, 3.63) is 42.5 Å². The lowest BCUT2D eigenvalue weighted by Crippen LogP contribution is -2.07. The van der Waals surface area contributed by atoms with Gasteiger partial charge in [0.25, 0.3) is 0 Å². The molecule has 0 radical (unpaired) electrons. The van der Waals surface area contributed by atoms with Gasteiger partial charge in [-0.15, -0.1) is 0 Å². The molecular weight excluding hydrogens is 208 g/mol. The first-order valence-electron chi connectivity index (χ1n) is 4.71. The molecule has 0 aliphatic carbocycles. The van der Waals surface area contributed by atoms with Crippen molar-refractivity contribution in [3.63, 3.8) is 0 Å². The fourth-order valence-corrected chi connectivity index (χ4v) is 1.12. The summed E-state index contributed by atoms with van der Waals surface area (Å²) in [5.41, 5.74) is 0.658. The standard InChI is InChI=1S/C12H12O4/c1-3-11(13)16-10-6-4-9(5-7-10)8(2)12(14)15/h3-8H,1H2,2H3,(H,14,15). The Labute approximate surface area is 93.2 Å². The molecule has 84 valence electrons. The molecule has 0 saturated heterocycles. The molecule has 0 amide bonds. The summed E-state index contributed by atoms with van der Waals surface area (Å²) in [6, 6.07) is 6.33. The van der Waals surface area contributed by atoms with Crippen molar-refractivity contribution in [2.45, 2.75) is 12.8 Å².